The van der Waals surface area contributed by atoms with E-state index in [1.165, 1.54) is 34.8 Å². The van der Waals surface area contributed by atoms with Crippen molar-refractivity contribution in [1.29, 1.82) is 0 Å². The first-order chi connectivity index (χ1) is 15.1. The van der Waals surface area contributed by atoms with Crippen LogP contribution in [0.2, 0.25) is 0 Å². The fraction of sp³-hybridized carbons (Fsp3) is 0.400. The lowest BCUT2D eigenvalue weighted by Gasteiger charge is -2.27. The zero-order valence-electron chi connectivity index (χ0n) is 19.4. The van der Waals surface area contributed by atoms with E-state index in [-0.39, 0.29) is 4.90 Å². The predicted molar refractivity (Wildman–Crippen MR) is 128 cm³/mol. The number of rotatable bonds is 5. The van der Waals surface area contributed by atoms with Crippen molar-refractivity contribution in [2.45, 2.75) is 57.3 Å². The molecule has 0 radical (unpaired) electrons. The lowest BCUT2D eigenvalue weighted by molar-refractivity contribution is 0.448. The van der Waals surface area contributed by atoms with Crippen molar-refractivity contribution in [1.82, 2.24) is 15.1 Å². The molecule has 1 saturated heterocycles. The molecule has 3 aromatic rings. The first kappa shape index (κ1) is 24.2. The highest BCUT2D eigenvalue weighted by Gasteiger charge is 2.19. The number of nitrogens with one attached hydrogen (secondary N) is 1. The summed E-state index contributed by atoms with van der Waals surface area (Å²) in [5, 5.41) is 8.14. The lowest BCUT2D eigenvalue weighted by Crippen LogP contribution is -2.39. The van der Waals surface area contributed by atoms with Crippen molar-refractivity contribution >= 4 is 10.1 Å². The summed E-state index contributed by atoms with van der Waals surface area (Å²) in [4.78, 5) is -0.0666. The van der Waals surface area contributed by atoms with Crippen molar-refractivity contribution in [2.75, 3.05) is 13.1 Å². The molecule has 1 aliphatic rings. The van der Waals surface area contributed by atoms with E-state index < -0.39 is 10.1 Å². The Balaban J connectivity index is 0.000000222. The molecule has 0 atom stereocenters. The minimum Gasteiger partial charge on any atom is -0.315 e. The van der Waals surface area contributed by atoms with Gasteiger partial charge in [0, 0.05) is 24.7 Å². The summed E-state index contributed by atoms with van der Waals surface area (Å²) in [6.07, 6.45) is 0. The van der Waals surface area contributed by atoms with E-state index in [1.54, 1.807) is 12.1 Å². The molecular weight excluding hydrogens is 422 g/mol. The van der Waals surface area contributed by atoms with Crippen LogP contribution in [-0.2, 0) is 10.1 Å². The first-order valence-corrected chi connectivity index (χ1v) is 12.5. The fourth-order valence-corrected chi connectivity index (χ4v) is 3.92. The van der Waals surface area contributed by atoms with E-state index in [0.29, 0.717) is 17.8 Å². The Morgan fingerprint density at radius 3 is 2.00 bits per heavy atom. The number of benzene rings is 2. The Labute approximate surface area is 191 Å². The zero-order chi connectivity index (χ0) is 23.5. The molecule has 0 amide bonds. The van der Waals surface area contributed by atoms with Gasteiger partial charge in [-0.15, -0.1) is 0 Å². The highest BCUT2D eigenvalue weighted by Crippen LogP contribution is 2.26. The minimum absolute atomic E-state index is 0.0666. The molecule has 4 rings (SSSR count). The second kappa shape index (κ2) is 9.98. The summed E-state index contributed by atoms with van der Waals surface area (Å²) >= 11 is 0. The molecule has 1 aromatic heterocycles. The van der Waals surface area contributed by atoms with Crippen LogP contribution in [0.25, 0.3) is 5.69 Å². The van der Waals surface area contributed by atoms with Gasteiger partial charge in [-0.05, 0) is 54.7 Å². The smallest absolute Gasteiger partial charge is 0.294 e. The van der Waals surface area contributed by atoms with Crippen LogP contribution in [0.4, 0.5) is 0 Å². The van der Waals surface area contributed by atoms with Gasteiger partial charge in [0.1, 0.15) is 0 Å². The third kappa shape index (κ3) is 5.85. The largest absolute Gasteiger partial charge is 0.315 e. The standard InChI is InChI=1S/C18H25N3.C7H8O3S/c1-12(2)17-9-18(13(3)4)21(20-17)16-7-5-14(6-8-16)15-10-19-11-15;1-6-2-4-7(5-3-6)11(8,9)10/h5-9,12-13,15,19H,10-11H2,1-4H3;2-5H,1H3,(H,8,9,10). The van der Waals surface area contributed by atoms with E-state index in [0.717, 1.165) is 18.7 Å². The predicted octanol–water partition coefficient (Wildman–Crippen LogP) is 5.05. The fourth-order valence-electron chi connectivity index (χ4n) is 3.44. The van der Waals surface area contributed by atoms with Gasteiger partial charge >= 0.3 is 0 Å². The molecule has 1 fully saturated rings. The summed E-state index contributed by atoms with van der Waals surface area (Å²) in [5.41, 5.74) is 6.02. The lowest BCUT2D eigenvalue weighted by atomic mass is 9.94. The number of hydrogen-bond donors (Lipinski definition) is 2. The van der Waals surface area contributed by atoms with E-state index in [1.807, 2.05) is 6.92 Å². The third-order valence-electron chi connectivity index (χ3n) is 5.65. The molecule has 172 valence electrons. The average molecular weight is 456 g/mol. The van der Waals surface area contributed by atoms with Crippen molar-refractivity contribution in [3.8, 4) is 5.69 Å². The van der Waals surface area contributed by atoms with Crippen LogP contribution in [-0.4, -0.2) is 35.8 Å². The van der Waals surface area contributed by atoms with Gasteiger partial charge in [0.2, 0.25) is 0 Å². The van der Waals surface area contributed by atoms with Gasteiger partial charge in [-0.1, -0.05) is 57.5 Å². The summed E-state index contributed by atoms with van der Waals surface area (Å²) < 4.78 is 31.7. The molecule has 0 saturated carbocycles. The molecule has 2 heterocycles. The molecule has 1 aliphatic heterocycles. The third-order valence-corrected chi connectivity index (χ3v) is 6.52. The Kier molecular flexibility index (Phi) is 7.54. The molecule has 0 spiro atoms. The van der Waals surface area contributed by atoms with Gasteiger partial charge in [0.05, 0.1) is 16.3 Å². The SMILES string of the molecule is CC(C)c1cc(C(C)C)n(-c2ccc(C3CNC3)cc2)n1.Cc1ccc(S(=O)(=O)O)cc1. The van der Waals surface area contributed by atoms with Crippen LogP contribution < -0.4 is 5.32 Å². The summed E-state index contributed by atoms with van der Waals surface area (Å²) in [5.74, 6) is 1.62. The molecule has 2 N–H and O–H groups in total. The van der Waals surface area contributed by atoms with E-state index in [9.17, 15) is 8.42 Å². The maximum absolute atomic E-state index is 10.5. The molecular formula is C25H33N3O3S. The molecule has 2 aromatic carbocycles. The second-order valence-corrected chi connectivity index (χ2v) is 10.4. The van der Waals surface area contributed by atoms with Gasteiger partial charge < -0.3 is 5.32 Å². The quantitative estimate of drug-likeness (QED) is 0.526. The highest BCUT2D eigenvalue weighted by molar-refractivity contribution is 7.85. The van der Waals surface area contributed by atoms with E-state index in [2.05, 4.69) is 68.0 Å². The van der Waals surface area contributed by atoms with Crippen molar-refractivity contribution in [3.05, 3.63) is 77.1 Å². The van der Waals surface area contributed by atoms with Crippen LogP contribution >= 0.6 is 0 Å². The van der Waals surface area contributed by atoms with Crippen molar-refractivity contribution in [2.24, 2.45) is 0 Å². The summed E-state index contributed by atoms with van der Waals surface area (Å²) in [6.45, 7) is 12.9. The molecule has 32 heavy (non-hydrogen) atoms. The van der Waals surface area contributed by atoms with Crippen LogP contribution in [0, 0.1) is 6.92 Å². The van der Waals surface area contributed by atoms with Crippen LogP contribution in [0.1, 0.15) is 68.0 Å². The monoisotopic (exact) mass is 455 g/mol. The van der Waals surface area contributed by atoms with Gasteiger partial charge in [-0.25, -0.2) is 4.68 Å². The summed E-state index contributed by atoms with van der Waals surface area (Å²) in [6, 6.07) is 17.2. The molecule has 0 unspecified atom stereocenters. The van der Waals surface area contributed by atoms with Crippen LogP contribution in [0.15, 0.2) is 59.5 Å². The number of hydrogen-bond acceptors (Lipinski definition) is 4. The minimum atomic E-state index is -4.02. The number of aromatic nitrogens is 2. The Morgan fingerprint density at radius 1 is 0.969 bits per heavy atom. The molecule has 0 bridgehead atoms. The number of nitrogens with zero attached hydrogens (tertiary/aromatic N) is 2. The maximum atomic E-state index is 10.5. The average Bonchev–Trinajstić information content (AvgIpc) is 3.14. The van der Waals surface area contributed by atoms with Crippen LogP contribution in [0.3, 0.4) is 0 Å². The van der Waals surface area contributed by atoms with Gasteiger partial charge in [-0.3, -0.25) is 4.55 Å². The normalized spacial score (nSPS) is 14.2. The van der Waals surface area contributed by atoms with E-state index >= 15 is 0 Å². The molecule has 7 heteroatoms. The van der Waals surface area contributed by atoms with Gasteiger partial charge in [-0.2, -0.15) is 13.5 Å². The summed E-state index contributed by atoms with van der Waals surface area (Å²) in [7, 11) is -4.02. The second-order valence-electron chi connectivity index (χ2n) is 8.95. The Bertz CT molecular complexity index is 1130. The zero-order valence-corrected chi connectivity index (χ0v) is 20.2. The van der Waals surface area contributed by atoms with Crippen LogP contribution in [0.5, 0.6) is 0 Å². The molecule has 0 aliphatic carbocycles. The molecule has 6 nitrogen and oxygen atoms in total. The van der Waals surface area contributed by atoms with Crippen molar-refractivity contribution < 1.29 is 13.0 Å². The van der Waals surface area contributed by atoms with Gasteiger partial charge in [0.15, 0.2) is 0 Å². The van der Waals surface area contributed by atoms with Gasteiger partial charge in [0.25, 0.3) is 10.1 Å². The Morgan fingerprint density at radius 2 is 1.56 bits per heavy atom. The van der Waals surface area contributed by atoms with E-state index in [4.69, 9.17) is 9.65 Å². The maximum Gasteiger partial charge on any atom is 0.294 e. The first-order valence-electron chi connectivity index (χ1n) is 11.0. The van der Waals surface area contributed by atoms with Crippen molar-refractivity contribution in [3.63, 3.8) is 0 Å². The Hall–Kier alpha value is -2.48. The topological polar surface area (TPSA) is 84.2 Å². The highest BCUT2D eigenvalue weighted by atomic mass is 32.2. The number of aryl methyl sites for hydroxylation is 1.